The monoisotopic (exact) mass is 357 g/mol. The van der Waals surface area contributed by atoms with Crippen LogP contribution in [-0.2, 0) is 17.1 Å². The van der Waals surface area contributed by atoms with Crippen LogP contribution < -0.4 is 5.32 Å². The number of aromatic nitrogens is 4. The molecule has 0 atom stereocenters. The van der Waals surface area contributed by atoms with Crippen LogP contribution in [0.25, 0.3) is 21.8 Å². The van der Waals surface area contributed by atoms with Crippen molar-refractivity contribution in [3.05, 3.63) is 30.2 Å². The molecule has 0 bridgehead atoms. The van der Waals surface area contributed by atoms with Gasteiger partial charge < -0.3 is 5.32 Å². The number of amides is 1. The molecule has 122 valence electrons. The summed E-state index contributed by atoms with van der Waals surface area (Å²) in [6.45, 7) is 4.35. The van der Waals surface area contributed by atoms with Crippen LogP contribution in [0.3, 0.4) is 0 Å². The topological polar surface area (TPSA) is 72.7 Å². The quantitative estimate of drug-likeness (QED) is 0.774. The van der Waals surface area contributed by atoms with Crippen molar-refractivity contribution < 1.29 is 4.79 Å². The molecule has 0 unspecified atom stereocenters. The van der Waals surface area contributed by atoms with E-state index in [1.807, 2.05) is 23.0 Å². The van der Waals surface area contributed by atoms with E-state index in [4.69, 9.17) is 5.10 Å². The first kappa shape index (κ1) is 15.3. The van der Waals surface area contributed by atoms with Crippen molar-refractivity contribution >= 4 is 34.1 Å². The predicted octanol–water partition coefficient (Wildman–Crippen LogP) is 3.65. The zero-order valence-corrected chi connectivity index (χ0v) is 14.9. The Balaban J connectivity index is 1.87. The molecule has 0 fully saturated rings. The third-order valence-corrected chi connectivity index (χ3v) is 5.81. The van der Waals surface area contributed by atoms with E-state index in [1.165, 1.54) is 18.3 Å². The second-order valence-corrected chi connectivity index (χ2v) is 7.33. The van der Waals surface area contributed by atoms with Crippen LogP contribution in [0, 0.1) is 0 Å². The highest BCUT2D eigenvalue weighted by molar-refractivity contribution is 7.99. The summed E-state index contributed by atoms with van der Waals surface area (Å²) in [7, 11) is 0. The van der Waals surface area contributed by atoms with Crippen molar-refractivity contribution in [2.75, 3.05) is 5.32 Å². The molecule has 3 aromatic rings. The van der Waals surface area contributed by atoms with Crippen molar-refractivity contribution in [1.82, 2.24) is 19.7 Å². The number of anilines is 1. The van der Waals surface area contributed by atoms with Gasteiger partial charge in [0.05, 0.1) is 21.2 Å². The molecule has 3 aromatic heterocycles. The van der Waals surface area contributed by atoms with Crippen molar-refractivity contribution in [3.63, 3.8) is 0 Å². The minimum Gasteiger partial charge on any atom is -0.302 e. The van der Waals surface area contributed by atoms with Crippen molar-refractivity contribution in [2.24, 2.45) is 0 Å². The zero-order chi connectivity index (χ0) is 16.7. The molecule has 0 saturated heterocycles. The first-order valence-corrected chi connectivity index (χ1v) is 9.39. The summed E-state index contributed by atoms with van der Waals surface area (Å²) in [6.07, 6.45) is 3.61. The Morgan fingerprint density at radius 2 is 2.33 bits per heavy atom. The Bertz CT molecular complexity index is 916. The largest absolute Gasteiger partial charge is 0.302 e. The molecule has 4 heterocycles. The number of nitrogens with zero attached hydrogens (tertiary/aromatic N) is 4. The minimum atomic E-state index is -0.103. The highest BCUT2D eigenvalue weighted by atomic mass is 32.2. The van der Waals surface area contributed by atoms with Gasteiger partial charge in [-0.25, -0.2) is 4.98 Å². The van der Waals surface area contributed by atoms with E-state index in [9.17, 15) is 4.79 Å². The molecule has 0 saturated carbocycles. The zero-order valence-electron chi connectivity index (χ0n) is 13.2. The van der Waals surface area contributed by atoms with Crippen LogP contribution in [0.5, 0.6) is 0 Å². The summed E-state index contributed by atoms with van der Waals surface area (Å²) < 4.78 is 2.01. The number of fused-ring (bicyclic) bond motifs is 3. The van der Waals surface area contributed by atoms with Crippen LogP contribution in [0.15, 0.2) is 29.4 Å². The van der Waals surface area contributed by atoms with E-state index < -0.39 is 0 Å². The average molecular weight is 357 g/mol. The number of carbonyl (C=O) groups excluding carboxylic acids is 1. The molecule has 0 spiro atoms. The number of rotatable bonds is 3. The molecular formula is C16H15N5OS2. The Kier molecular flexibility index (Phi) is 3.85. The molecule has 4 rings (SSSR count). The maximum absolute atomic E-state index is 11.3. The molecule has 1 aliphatic rings. The van der Waals surface area contributed by atoms with Gasteiger partial charge in [0.1, 0.15) is 5.69 Å². The molecule has 1 N–H and O–H groups in total. The Morgan fingerprint density at radius 1 is 1.46 bits per heavy atom. The van der Waals surface area contributed by atoms with Gasteiger partial charge in [0, 0.05) is 37.2 Å². The fourth-order valence-electron chi connectivity index (χ4n) is 2.70. The van der Waals surface area contributed by atoms with Gasteiger partial charge in [0.15, 0.2) is 5.13 Å². The highest BCUT2D eigenvalue weighted by Gasteiger charge is 2.29. The van der Waals surface area contributed by atoms with E-state index in [2.05, 4.69) is 22.2 Å². The second-order valence-electron chi connectivity index (χ2n) is 5.35. The Hall–Kier alpha value is -2.19. The first-order valence-electron chi connectivity index (χ1n) is 7.59. The lowest BCUT2D eigenvalue weighted by atomic mass is 10.2. The third-order valence-electron chi connectivity index (χ3n) is 3.69. The van der Waals surface area contributed by atoms with Gasteiger partial charge in [-0.05, 0) is 19.1 Å². The summed E-state index contributed by atoms with van der Waals surface area (Å²) in [5.74, 6) is 0.676. The molecule has 1 aliphatic heterocycles. The molecule has 1 amide bonds. The normalized spacial score (nSPS) is 12.6. The number of carbonyl (C=O) groups is 1. The molecule has 0 aromatic carbocycles. The first-order chi connectivity index (χ1) is 11.7. The smallest absolute Gasteiger partial charge is 0.223 e. The minimum absolute atomic E-state index is 0.103. The maximum atomic E-state index is 11.3. The van der Waals surface area contributed by atoms with Crippen LogP contribution in [0.4, 0.5) is 5.13 Å². The van der Waals surface area contributed by atoms with Crippen LogP contribution in [-0.4, -0.2) is 25.7 Å². The summed E-state index contributed by atoms with van der Waals surface area (Å²) in [5.41, 5.74) is 4.08. The van der Waals surface area contributed by atoms with Gasteiger partial charge in [0.25, 0.3) is 0 Å². The van der Waals surface area contributed by atoms with Gasteiger partial charge in [0.2, 0.25) is 5.91 Å². The number of thiazole rings is 1. The average Bonchev–Trinajstić information content (AvgIpc) is 3.15. The number of aryl methyl sites for hydroxylation is 1. The van der Waals surface area contributed by atoms with Crippen molar-refractivity contribution in [3.8, 4) is 21.8 Å². The summed E-state index contributed by atoms with van der Waals surface area (Å²) in [5, 5.41) is 8.23. The van der Waals surface area contributed by atoms with Crippen molar-refractivity contribution in [1.29, 1.82) is 0 Å². The van der Waals surface area contributed by atoms with Gasteiger partial charge in [-0.3, -0.25) is 14.5 Å². The molecular weight excluding hydrogens is 342 g/mol. The fraction of sp³-hybridized carbons (Fsp3) is 0.250. The number of hydrogen-bond donors (Lipinski definition) is 1. The standard InChI is InChI=1S/C16H15N5OS2/c1-3-21-13-14-11(19-16(24-14)18-9(2)22)8-23-15(13)12(20-21)10-5-4-6-17-7-10/h4-7H,3,8H2,1-2H3,(H,18,19,22). The SMILES string of the molecule is CCn1nc(-c2cccnc2)c2c1-c1sc(NC(C)=O)nc1CS2. The van der Waals surface area contributed by atoms with Crippen LogP contribution in [0.2, 0.25) is 0 Å². The summed E-state index contributed by atoms with van der Waals surface area (Å²) in [4.78, 5) is 22.3. The van der Waals surface area contributed by atoms with Gasteiger partial charge in [-0.1, -0.05) is 11.3 Å². The highest BCUT2D eigenvalue weighted by Crippen LogP contribution is 2.49. The van der Waals surface area contributed by atoms with E-state index in [-0.39, 0.29) is 5.91 Å². The number of nitrogens with one attached hydrogen (secondary N) is 1. The van der Waals surface area contributed by atoms with Gasteiger partial charge in [-0.15, -0.1) is 11.8 Å². The third kappa shape index (κ3) is 2.51. The second kappa shape index (κ2) is 6.03. The van der Waals surface area contributed by atoms with Gasteiger partial charge in [-0.2, -0.15) is 5.10 Å². The number of hydrogen-bond acceptors (Lipinski definition) is 6. The molecule has 24 heavy (non-hydrogen) atoms. The lowest BCUT2D eigenvalue weighted by Gasteiger charge is -2.12. The molecule has 0 radical (unpaired) electrons. The van der Waals surface area contributed by atoms with Gasteiger partial charge >= 0.3 is 0 Å². The number of pyridine rings is 1. The lowest BCUT2D eigenvalue weighted by Crippen LogP contribution is -2.05. The lowest BCUT2D eigenvalue weighted by molar-refractivity contribution is -0.114. The Morgan fingerprint density at radius 3 is 3.04 bits per heavy atom. The van der Waals surface area contributed by atoms with E-state index in [0.29, 0.717) is 5.13 Å². The number of thioether (sulfide) groups is 1. The summed E-state index contributed by atoms with van der Waals surface area (Å²) >= 11 is 3.25. The van der Waals surface area contributed by atoms with E-state index in [0.717, 1.165) is 44.7 Å². The van der Waals surface area contributed by atoms with E-state index in [1.54, 1.807) is 18.0 Å². The van der Waals surface area contributed by atoms with Crippen molar-refractivity contribution in [2.45, 2.75) is 31.0 Å². The fourth-order valence-corrected chi connectivity index (χ4v) is 5.07. The molecule has 0 aliphatic carbocycles. The summed E-state index contributed by atoms with van der Waals surface area (Å²) in [6, 6.07) is 3.95. The van der Waals surface area contributed by atoms with Crippen LogP contribution in [0.1, 0.15) is 19.5 Å². The molecule has 8 heteroatoms. The predicted molar refractivity (Wildman–Crippen MR) is 96.1 cm³/mol. The Labute approximate surface area is 147 Å². The van der Waals surface area contributed by atoms with Crippen LogP contribution >= 0.6 is 23.1 Å². The maximum Gasteiger partial charge on any atom is 0.223 e. The molecule has 6 nitrogen and oxygen atoms in total. The van der Waals surface area contributed by atoms with E-state index >= 15 is 0 Å².